The van der Waals surface area contributed by atoms with Crippen LogP contribution in [0.15, 0.2) is 12.2 Å². The lowest BCUT2D eigenvalue weighted by molar-refractivity contribution is -0.378. The van der Waals surface area contributed by atoms with Crippen LogP contribution in [-0.4, -0.2) is 256 Å². The zero-order chi connectivity index (χ0) is 57.8. The van der Waals surface area contributed by atoms with Crippen molar-refractivity contribution in [3.8, 4) is 0 Å². The van der Waals surface area contributed by atoms with Crippen molar-refractivity contribution < 1.29 is 143 Å². The molecule has 4 saturated heterocycles. The molecular formula is C50H74O29. The molecule has 4 saturated carbocycles. The molecule has 14 N–H and O–H groups in total. The van der Waals surface area contributed by atoms with Crippen LogP contribution in [0.2, 0.25) is 0 Å². The van der Waals surface area contributed by atoms with Crippen molar-refractivity contribution in [2.24, 2.45) is 28.1 Å². The predicted molar refractivity (Wildman–Crippen MR) is 251 cm³/mol. The molecule has 4 aliphatic carbocycles. The molecule has 8 fully saturated rings. The van der Waals surface area contributed by atoms with Crippen LogP contribution in [0.4, 0.5) is 0 Å². The number of carboxylic acid groups (broad SMARTS) is 2. The monoisotopic (exact) mass is 1140 g/mol. The molecule has 2 bridgehead atoms. The lowest BCUT2D eigenvalue weighted by atomic mass is 9.41. The summed E-state index contributed by atoms with van der Waals surface area (Å²) >= 11 is 0. The molecule has 29 heteroatoms. The summed E-state index contributed by atoms with van der Waals surface area (Å²) in [5.74, 6) is -6.62. The quantitative estimate of drug-likeness (QED) is 0.0201. The highest BCUT2D eigenvalue weighted by molar-refractivity contribution is 5.90. The van der Waals surface area contributed by atoms with Gasteiger partial charge in [-0.15, -0.1) is 0 Å². The van der Waals surface area contributed by atoms with Crippen LogP contribution in [0.25, 0.3) is 0 Å². The van der Waals surface area contributed by atoms with Crippen molar-refractivity contribution in [2.75, 3.05) is 26.4 Å². The lowest BCUT2D eigenvalue weighted by Gasteiger charge is -2.64. The van der Waals surface area contributed by atoms with Crippen LogP contribution in [0.3, 0.4) is 0 Å². The average Bonchev–Trinajstić information content (AvgIpc) is 3.74. The van der Waals surface area contributed by atoms with Gasteiger partial charge in [0.25, 0.3) is 0 Å². The molecule has 4 aliphatic heterocycles. The zero-order valence-electron chi connectivity index (χ0n) is 43.4. The molecule has 4 heterocycles. The Morgan fingerprint density at radius 2 is 1.01 bits per heavy atom. The molecule has 1 unspecified atom stereocenters. The Labute approximate surface area is 451 Å². The Morgan fingerprint density at radius 3 is 1.51 bits per heavy atom. The summed E-state index contributed by atoms with van der Waals surface area (Å²) in [4.78, 5) is 60.8. The van der Waals surface area contributed by atoms with Crippen molar-refractivity contribution in [3.63, 3.8) is 0 Å². The second-order valence-electron chi connectivity index (χ2n) is 22.9. The molecule has 29 nitrogen and oxygen atoms in total. The van der Waals surface area contributed by atoms with E-state index in [0.717, 1.165) is 0 Å². The fourth-order valence-electron chi connectivity index (χ4n) is 14.2. The van der Waals surface area contributed by atoms with Gasteiger partial charge in [0.2, 0.25) is 6.29 Å². The summed E-state index contributed by atoms with van der Waals surface area (Å²) in [7, 11) is 0. The van der Waals surface area contributed by atoms with Crippen LogP contribution in [0.1, 0.15) is 84.5 Å². The number of rotatable bonds is 18. The first-order valence-electron chi connectivity index (χ1n) is 26.4. The van der Waals surface area contributed by atoms with E-state index in [1.165, 1.54) is 0 Å². The maximum atomic E-state index is 14.9. The summed E-state index contributed by atoms with van der Waals surface area (Å²) in [6.07, 6.45) is -34.2. The number of ether oxygens (including phenoxy) is 10. The molecule has 26 atom stereocenters. The van der Waals surface area contributed by atoms with Crippen molar-refractivity contribution in [3.05, 3.63) is 12.2 Å². The third kappa shape index (κ3) is 11.7. The Kier molecular flexibility index (Phi) is 18.6. The summed E-state index contributed by atoms with van der Waals surface area (Å²) in [6, 6.07) is 0. The van der Waals surface area contributed by atoms with Crippen LogP contribution >= 0.6 is 0 Å². The fraction of sp³-hybridized carbons (Fsp3) is 0.860. The average molecular weight is 1140 g/mol. The van der Waals surface area contributed by atoms with E-state index < -0.39 is 214 Å². The standard InChI is InChI=1S/C50H74O29/c1-19-13-49-9-5-24-47(2,7-4-8-48(24,3)46(69)78-44-40(36(65)30(59)20(14-51)72-44)76-42-38(67)34(63)32(61)22(74-42)16-70-28(57)11-26(53)54)25(49)6-10-50(19,18-49)79-45-41(37(66)31(60)21(15-52)73-45)77-43-39(68)35(64)33(62)23(75-43)17-71-29(58)12-27(55)56/h20-25,30-45,51-52,59-68H,1,4-18H2,2-3H3,(H,53,54)(H,55,56)/t20-,21-,22-,23-,24+,25+,30-,31-,32-,33-,34+,35+,36+,37+,38-,39-,40-,41-,42+,43+,44+,45+,47-,48-,49-,50?/m1/s1. The summed E-state index contributed by atoms with van der Waals surface area (Å²) in [5.41, 5.74) is -2.78. The van der Waals surface area contributed by atoms with Gasteiger partial charge in [-0.3, -0.25) is 24.0 Å². The van der Waals surface area contributed by atoms with Crippen molar-refractivity contribution >= 4 is 29.8 Å². The van der Waals surface area contributed by atoms with Gasteiger partial charge in [-0.2, -0.15) is 0 Å². The SMILES string of the molecule is C=C1C[C@@]23CC[C@H]4[C@@](C)(CCC[C@@]4(C)C(=O)O[C@@H]4O[C@H](CO)[C@@H](O)[C@H](O)[C@H]4O[C@@H]4O[C@H](COC(=O)CC(=O)O)[C@@H](O)[C@H](O)[C@H]4O)[C@@H]2CCC1(O[C@@H]1O[C@H](CO)[C@@H](O)[C@H](O)[C@H]1O[C@@H]1O[C@H](COC(=O)CC(=O)O)[C@@H](O)[C@H](O)[C@H]1O)C3. The van der Waals surface area contributed by atoms with E-state index in [2.05, 4.69) is 13.5 Å². The van der Waals surface area contributed by atoms with E-state index >= 15 is 0 Å². The first-order valence-corrected chi connectivity index (χ1v) is 26.4. The van der Waals surface area contributed by atoms with E-state index in [4.69, 9.17) is 57.6 Å². The third-order valence-corrected chi connectivity index (χ3v) is 18.1. The van der Waals surface area contributed by atoms with Crippen molar-refractivity contribution in [1.29, 1.82) is 0 Å². The highest BCUT2D eigenvalue weighted by Crippen LogP contribution is 2.74. The smallest absolute Gasteiger partial charge is 0.317 e. The van der Waals surface area contributed by atoms with Crippen LogP contribution in [-0.2, 0) is 71.3 Å². The second kappa shape index (κ2) is 23.9. The minimum Gasteiger partial charge on any atom is -0.481 e. The maximum Gasteiger partial charge on any atom is 0.317 e. The Hall–Kier alpha value is -3.67. The van der Waals surface area contributed by atoms with Crippen LogP contribution in [0, 0.1) is 28.1 Å². The molecule has 0 aromatic heterocycles. The van der Waals surface area contributed by atoms with Gasteiger partial charge in [-0.25, -0.2) is 0 Å². The number of carboxylic acids is 2. The minimum atomic E-state index is -2.05. The molecule has 1 spiro atoms. The van der Waals surface area contributed by atoms with Crippen LogP contribution < -0.4 is 0 Å². The summed E-state index contributed by atoms with van der Waals surface area (Å²) < 4.78 is 57.8. The van der Waals surface area contributed by atoms with E-state index in [1.807, 2.05) is 0 Å². The van der Waals surface area contributed by atoms with Gasteiger partial charge in [0, 0.05) is 0 Å². The Balaban J connectivity index is 0.981. The molecular weight excluding hydrogens is 1060 g/mol. The highest BCUT2D eigenvalue weighted by Gasteiger charge is 2.70. The number of aliphatic hydroxyl groups excluding tert-OH is 12. The van der Waals surface area contributed by atoms with Gasteiger partial charge in [-0.1, -0.05) is 19.9 Å². The first-order chi connectivity index (χ1) is 37.1. The van der Waals surface area contributed by atoms with E-state index in [9.17, 15) is 85.3 Å². The van der Waals surface area contributed by atoms with Gasteiger partial charge in [0.05, 0.1) is 24.2 Å². The Morgan fingerprint density at radius 1 is 0.557 bits per heavy atom. The van der Waals surface area contributed by atoms with Gasteiger partial charge < -0.3 is 119 Å². The summed E-state index contributed by atoms with van der Waals surface area (Å²) in [5, 5.41) is 148. The Bertz CT molecular complexity index is 2240. The van der Waals surface area contributed by atoms with E-state index in [1.54, 1.807) is 6.92 Å². The number of hydrogen-bond acceptors (Lipinski definition) is 27. The summed E-state index contributed by atoms with van der Waals surface area (Å²) in [6.45, 7) is 5.11. The number of hydrogen-bond donors (Lipinski definition) is 14. The molecule has 0 aromatic rings. The zero-order valence-corrected chi connectivity index (χ0v) is 43.4. The van der Waals surface area contributed by atoms with Gasteiger partial charge in [0.1, 0.15) is 118 Å². The lowest BCUT2D eigenvalue weighted by Crippen LogP contribution is -2.66. The van der Waals surface area contributed by atoms with Crippen LogP contribution in [0.5, 0.6) is 0 Å². The second-order valence-corrected chi connectivity index (χ2v) is 22.9. The molecule has 79 heavy (non-hydrogen) atoms. The predicted octanol–water partition coefficient (Wildman–Crippen LogP) is -5.06. The van der Waals surface area contributed by atoms with E-state index in [-0.39, 0.29) is 11.8 Å². The topological polar surface area (TPSA) is 461 Å². The first kappa shape index (κ1) is 61.4. The molecule has 8 aliphatic rings. The minimum absolute atomic E-state index is 0.0693. The largest absolute Gasteiger partial charge is 0.481 e. The number of fused-ring (bicyclic) bond motifs is 3. The van der Waals surface area contributed by atoms with E-state index in [0.29, 0.717) is 63.4 Å². The molecule has 0 amide bonds. The number of aliphatic hydroxyl groups is 12. The van der Waals surface area contributed by atoms with Crippen molar-refractivity contribution in [2.45, 2.75) is 213 Å². The normalized spacial score (nSPS) is 47.7. The van der Waals surface area contributed by atoms with Gasteiger partial charge in [0.15, 0.2) is 25.0 Å². The molecule has 8 rings (SSSR count). The molecule has 448 valence electrons. The number of aliphatic carboxylic acids is 2. The molecule has 0 radical (unpaired) electrons. The van der Waals surface area contributed by atoms with Gasteiger partial charge >= 0.3 is 29.8 Å². The maximum absolute atomic E-state index is 14.9. The number of carbonyl (C=O) groups excluding carboxylic acids is 3. The highest BCUT2D eigenvalue weighted by atomic mass is 16.8. The van der Waals surface area contributed by atoms with Crippen molar-refractivity contribution in [1.82, 2.24) is 0 Å². The fourth-order valence-corrected chi connectivity index (χ4v) is 14.2. The number of carbonyl (C=O) groups is 5. The van der Waals surface area contributed by atoms with Gasteiger partial charge in [-0.05, 0) is 86.5 Å². The third-order valence-electron chi connectivity index (χ3n) is 18.1. The molecule has 0 aromatic carbocycles. The number of esters is 3.